The molecule has 2 heteroatoms. The average Bonchev–Trinajstić information content (AvgIpc) is 2.14. The van der Waals surface area contributed by atoms with E-state index in [1.807, 2.05) is 6.92 Å². The normalized spacial score (nSPS) is 13.7. The zero-order valence-corrected chi connectivity index (χ0v) is 6.53. The molecule has 0 saturated heterocycles. The number of aryl methyl sites for hydroxylation is 1. The molecule has 1 aromatic rings. The lowest BCUT2D eigenvalue weighted by molar-refractivity contribution is 0.838. The van der Waals surface area contributed by atoms with Crippen molar-refractivity contribution in [2.45, 2.75) is 19.9 Å². The van der Waals surface area contributed by atoms with Gasteiger partial charge in [-0.25, -0.2) is 0 Å². The van der Waals surface area contributed by atoms with Crippen molar-refractivity contribution in [1.82, 2.24) is 0 Å². The van der Waals surface area contributed by atoms with Crippen LogP contribution in [0.3, 0.4) is 0 Å². The van der Waals surface area contributed by atoms with E-state index in [4.69, 9.17) is 5.73 Å². The van der Waals surface area contributed by atoms with Gasteiger partial charge in [-0.3, -0.25) is 0 Å². The van der Waals surface area contributed by atoms with Crippen LogP contribution in [0.15, 0.2) is 11.4 Å². The van der Waals surface area contributed by atoms with Crippen molar-refractivity contribution in [3.8, 4) is 0 Å². The predicted octanol–water partition coefficient (Wildman–Crippen LogP) is 2.08. The van der Waals surface area contributed by atoms with Crippen molar-refractivity contribution in [2.24, 2.45) is 5.73 Å². The molecule has 0 radical (unpaired) electrons. The molecule has 1 rings (SSSR count). The van der Waals surface area contributed by atoms with E-state index < -0.39 is 0 Å². The SMILES string of the molecule is Cc1csc([C@H](C)N)c1. The van der Waals surface area contributed by atoms with Gasteiger partial charge in [0.15, 0.2) is 0 Å². The van der Waals surface area contributed by atoms with Crippen LogP contribution in [0.2, 0.25) is 0 Å². The number of hydrogen-bond acceptors (Lipinski definition) is 2. The van der Waals surface area contributed by atoms with Crippen LogP contribution in [-0.2, 0) is 0 Å². The molecule has 0 spiro atoms. The minimum absolute atomic E-state index is 0.198. The first kappa shape index (κ1) is 6.78. The second kappa shape index (κ2) is 2.50. The van der Waals surface area contributed by atoms with Crippen molar-refractivity contribution < 1.29 is 0 Å². The molecule has 1 nitrogen and oxygen atoms in total. The molecule has 1 aromatic heterocycles. The highest BCUT2D eigenvalue weighted by Crippen LogP contribution is 2.18. The second-order valence-corrected chi connectivity index (χ2v) is 3.26. The molecule has 1 atom stereocenters. The quantitative estimate of drug-likeness (QED) is 0.636. The molecular formula is C7H11NS. The zero-order valence-electron chi connectivity index (χ0n) is 5.72. The van der Waals surface area contributed by atoms with Crippen LogP contribution in [0.4, 0.5) is 0 Å². The van der Waals surface area contributed by atoms with Crippen LogP contribution in [0, 0.1) is 6.92 Å². The van der Waals surface area contributed by atoms with E-state index in [2.05, 4.69) is 18.4 Å². The zero-order chi connectivity index (χ0) is 6.85. The van der Waals surface area contributed by atoms with E-state index in [1.54, 1.807) is 11.3 Å². The summed E-state index contributed by atoms with van der Waals surface area (Å²) >= 11 is 1.73. The Labute approximate surface area is 59.5 Å². The summed E-state index contributed by atoms with van der Waals surface area (Å²) in [5.41, 5.74) is 6.95. The highest BCUT2D eigenvalue weighted by atomic mass is 32.1. The molecule has 2 N–H and O–H groups in total. The lowest BCUT2D eigenvalue weighted by atomic mass is 10.2. The number of thiophene rings is 1. The Bertz CT molecular complexity index is 191. The van der Waals surface area contributed by atoms with Gasteiger partial charge in [0, 0.05) is 10.9 Å². The summed E-state index contributed by atoms with van der Waals surface area (Å²) in [6.07, 6.45) is 0. The van der Waals surface area contributed by atoms with Gasteiger partial charge in [0.2, 0.25) is 0 Å². The lowest BCUT2D eigenvalue weighted by Gasteiger charge is -1.96. The number of hydrogen-bond donors (Lipinski definition) is 1. The van der Waals surface area contributed by atoms with Crippen LogP contribution in [-0.4, -0.2) is 0 Å². The van der Waals surface area contributed by atoms with Gasteiger partial charge in [0.1, 0.15) is 0 Å². The first-order valence-electron chi connectivity index (χ1n) is 3.01. The summed E-state index contributed by atoms with van der Waals surface area (Å²) in [4.78, 5) is 1.27. The lowest BCUT2D eigenvalue weighted by Crippen LogP contribution is -2.01. The molecule has 0 bridgehead atoms. The molecular weight excluding hydrogens is 130 g/mol. The molecule has 9 heavy (non-hydrogen) atoms. The minimum Gasteiger partial charge on any atom is -0.324 e. The molecule has 0 aliphatic heterocycles. The minimum atomic E-state index is 0.198. The molecule has 50 valence electrons. The maximum Gasteiger partial charge on any atom is 0.0361 e. The Morgan fingerprint density at radius 1 is 1.67 bits per heavy atom. The Morgan fingerprint density at radius 2 is 2.33 bits per heavy atom. The van der Waals surface area contributed by atoms with Crippen LogP contribution in [0.1, 0.15) is 23.4 Å². The second-order valence-electron chi connectivity index (χ2n) is 2.32. The molecule has 0 unspecified atom stereocenters. The van der Waals surface area contributed by atoms with Crippen molar-refractivity contribution >= 4 is 11.3 Å². The molecule has 0 saturated carbocycles. The Morgan fingerprint density at radius 3 is 2.56 bits per heavy atom. The van der Waals surface area contributed by atoms with Crippen molar-refractivity contribution in [3.05, 3.63) is 21.9 Å². The standard InChI is InChI=1S/C7H11NS/c1-5-3-7(6(2)8)9-4-5/h3-4,6H,8H2,1-2H3/t6-/m0/s1. The summed E-state index contributed by atoms with van der Waals surface area (Å²) in [5, 5.41) is 2.12. The van der Waals surface area contributed by atoms with Gasteiger partial charge in [-0.2, -0.15) is 0 Å². The molecule has 0 amide bonds. The van der Waals surface area contributed by atoms with E-state index in [0.717, 1.165) is 0 Å². The summed E-state index contributed by atoms with van der Waals surface area (Å²) < 4.78 is 0. The van der Waals surface area contributed by atoms with Crippen molar-refractivity contribution in [1.29, 1.82) is 0 Å². The number of nitrogens with two attached hydrogens (primary N) is 1. The predicted molar refractivity (Wildman–Crippen MR) is 41.7 cm³/mol. The Kier molecular flexibility index (Phi) is 1.88. The average molecular weight is 141 g/mol. The molecule has 0 aliphatic carbocycles. The monoisotopic (exact) mass is 141 g/mol. The maximum atomic E-state index is 5.64. The van der Waals surface area contributed by atoms with Crippen LogP contribution in [0.25, 0.3) is 0 Å². The fraction of sp³-hybridized carbons (Fsp3) is 0.429. The first-order chi connectivity index (χ1) is 4.20. The van der Waals surface area contributed by atoms with Crippen molar-refractivity contribution in [3.63, 3.8) is 0 Å². The van der Waals surface area contributed by atoms with Crippen LogP contribution >= 0.6 is 11.3 Å². The van der Waals surface area contributed by atoms with Gasteiger partial charge in [-0.05, 0) is 30.9 Å². The maximum absolute atomic E-state index is 5.64. The Balaban J connectivity index is 2.85. The summed E-state index contributed by atoms with van der Waals surface area (Å²) in [7, 11) is 0. The summed E-state index contributed by atoms with van der Waals surface area (Å²) in [6, 6.07) is 2.33. The van der Waals surface area contributed by atoms with E-state index >= 15 is 0 Å². The largest absolute Gasteiger partial charge is 0.324 e. The van der Waals surface area contributed by atoms with Gasteiger partial charge in [-0.15, -0.1) is 11.3 Å². The van der Waals surface area contributed by atoms with Gasteiger partial charge in [-0.1, -0.05) is 0 Å². The highest BCUT2D eigenvalue weighted by Gasteiger charge is 1.99. The Hall–Kier alpha value is -0.340. The van der Waals surface area contributed by atoms with Gasteiger partial charge in [0.25, 0.3) is 0 Å². The third-order valence-electron chi connectivity index (χ3n) is 1.20. The fourth-order valence-corrected chi connectivity index (χ4v) is 1.55. The van der Waals surface area contributed by atoms with Crippen molar-refractivity contribution in [2.75, 3.05) is 0 Å². The smallest absolute Gasteiger partial charge is 0.0361 e. The molecule has 1 heterocycles. The summed E-state index contributed by atoms with van der Waals surface area (Å²) in [6.45, 7) is 4.09. The summed E-state index contributed by atoms with van der Waals surface area (Å²) in [5.74, 6) is 0. The third kappa shape index (κ3) is 1.53. The molecule has 0 fully saturated rings. The van der Waals surface area contributed by atoms with E-state index in [0.29, 0.717) is 0 Å². The molecule has 0 aliphatic rings. The van der Waals surface area contributed by atoms with Crippen LogP contribution in [0.5, 0.6) is 0 Å². The van der Waals surface area contributed by atoms with Crippen LogP contribution < -0.4 is 5.73 Å². The van der Waals surface area contributed by atoms with E-state index in [1.165, 1.54) is 10.4 Å². The molecule has 0 aromatic carbocycles. The number of rotatable bonds is 1. The van der Waals surface area contributed by atoms with E-state index in [9.17, 15) is 0 Å². The van der Waals surface area contributed by atoms with E-state index in [-0.39, 0.29) is 6.04 Å². The van der Waals surface area contributed by atoms with Gasteiger partial charge >= 0.3 is 0 Å². The van der Waals surface area contributed by atoms with Gasteiger partial charge in [0.05, 0.1) is 0 Å². The van der Waals surface area contributed by atoms with Gasteiger partial charge < -0.3 is 5.73 Å². The first-order valence-corrected chi connectivity index (χ1v) is 3.88. The fourth-order valence-electron chi connectivity index (χ4n) is 0.692. The topological polar surface area (TPSA) is 26.0 Å². The highest BCUT2D eigenvalue weighted by molar-refractivity contribution is 7.10. The third-order valence-corrected chi connectivity index (χ3v) is 2.45.